The molecule has 0 saturated carbocycles. The van der Waals surface area contributed by atoms with Crippen LogP contribution in [0.15, 0.2) is 42.5 Å². The van der Waals surface area contributed by atoms with Gasteiger partial charge in [-0.25, -0.2) is 4.39 Å². The molecule has 0 aromatic heterocycles. The molecule has 0 radical (unpaired) electrons. The predicted octanol–water partition coefficient (Wildman–Crippen LogP) is 3.86. The van der Waals surface area contributed by atoms with Crippen molar-refractivity contribution in [2.45, 2.75) is 26.4 Å². The third kappa shape index (κ3) is 3.23. The summed E-state index contributed by atoms with van der Waals surface area (Å²) < 4.78 is 13.9. The summed E-state index contributed by atoms with van der Waals surface area (Å²) in [6.45, 7) is 4.49. The molecule has 2 rings (SSSR count). The number of rotatable bonds is 4. The van der Waals surface area contributed by atoms with E-state index in [-0.39, 0.29) is 11.6 Å². The Labute approximate surface area is 118 Å². The van der Waals surface area contributed by atoms with Gasteiger partial charge in [-0.2, -0.15) is 5.26 Å². The molecule has 0 aliphatic heterocycles. The summed E-state index contributed by atoms with van der Waals surface area (Å²) in [5.41, 5.74) is 2.98. The Hall–Kier alpha value is -2.18. The van der Waals surface area contributed by atoms with Gasteiger partial charge >= 0.3 is 0 Å². The molecule has 102 valence electrons. The molecule has 0 fully saturated rings. The lowest BCUT2D eigenvalue weighted by molar-refractivity contribution is 0.543. The van der Waals surface area contributed by atoms with Crippen LogP contribution in [0.1, 0.15) is 35.2 Å². The van der Waals surface area contributed by atoms with E-state index in [9.17, 15) is 4.39 Å². The first kappa shape index (κ1) is 14.2. The molecule has 2 aromatic rings. The molecule has 2 nitrogen and oxygen atoms in total. The molecule has 1 N–H and O–H groups in total. The van der Waals surface area contributed by atoms with Gasteiger partial charge in [0.15, 0.2) is 0 Å². The molecule has 0 heterocycles. The van der Waals surface area contributed by atoms with E-state index < -0.39 is 5.82 Å². The standard InChI is InChI=1S/C17H17FN2/c1-12-5-3-6-14(9-12)13(2)20-11-16-8-4-7-15(10-19)17(16)18/h3-9,13,20H,11H2,1-2H3/t13-/m0/s1. The van der Waals surface area contributed by atoms with Crippen molar-refractivity contribution in [3.63, 3.8) is 0 Å². The van der Waals surface area contributed by atoms with Crippen molar-refractivity contribution in [1.29, 1.82) is 5.26 Å². The van der Waals surface area contributed by atoms with E-state index in [0.29, 0.717) is 12.1 Å². The Morgan fingerprint density at radius 3 is 2.70 bits per heavy atom. The third-order valence-electron chi connectivity index (χ3n) is 3.34. The first-order chi connectivity index (χ1) is 9.61. The fraction of sp³-hybridized carbons (Fsp3) is 0.235. The fourth-order valence-corrected chi connectivity index (χ4v) is 2.12. The summed E-state index contributed by atoms with van der Waals surface area (Å²) in [5.74, 6) is -0.432. The molecule has 3 heteroatoms. The summed E-state index contributed by atoms with van der Waals surface area (Å²) in [5, 5.41) is 12.1. The van der Waals surface area contributed by atoms with Crippen LogP contribution in [0.2, 0.25) is 0 Å². The van der Waals surface area contributed by atoms with E-state index in [1.807, 2.05) is 38.1 Å². The van der Waals surface area contributed by atoms with Gasteiger partial charge in [-0.15, -0.1) is 0 Å². The van der Waals surface area contributed by atoms with Gasteiger partial charge in [-0.1, -0.05) is 42.0 Å². The summed E-state index contributed by atoms with van der Waals surface area (Å²) in [4.78, 5) is 0. The summed E-state index contributed by atoms with van der Waals surface area (Å²) in [6.07, 6.45) is 0. The minimum Gasteiger partial charge on any atom is -0.306 e. The second-order valence-electron chi connectivity index (χ2n) is 4.91. The smallest absolute Gasteiger partial charge is 0.145 e. The van der Waals surface area contributed by atoms with Crippen LogP contribution < -0.4 is 5.32 Å². The van der Waals surface area contributed by atoms with Crippen molar-refractivity contribution in [2.75, 3.05) is 0 Å². The maximum absolute atomic E-state index is 13.9. The van der Waals surface area contributed by atoms with Gasteiger partial charge < -0.3 is 5.32 Å². The van der Waals surface area contributed by atoms with Crippen molar-refractivity contribution in [3.8, 4) is 6.07 Å². The van der Waals surface area contributed by atoms with Gasteiger partial charge in [-0.3, -0.25) is 0 Å². The number of hydrogen-bond acceptors (Lipinski definition) is 2. The summed E-state index contributed by atoms with van der Waals surface area (Å²) in [6, 6.07) is 15.1. The van der Waals surface area contributed by atoms with Crippen LogP contribution in [0.4, 0.5) is 4.39 Å². The topological polar surface area (TPSA) is 35.8 Å². The van der Waals surface area contributed by atoms with Crippen LogP contribution in [0.25, 0.3) is 0 Å². The number of halogens is 1. The van der Waals surface area contributed by atoms with Crippen LogP contribution in [-0.4, -0.2) is 0 Å². The molecule has 2 aromatic carbocycles. The number of benzene rings is 2. The lowest BCUT2D eigenvalue weighted by atomic mass is 10.0. The van der Waals surface area contributed by atoms with E-state index >= 15 is 0 Å². The van der Waals surface area contributed by atoms with Crippen LogP contribution in [0, 0.1) is 24.1 Å². The first-order valence-corrected chi connectivity index (χ1v) is 6.59. The maximum Gasteiger partial charge on any atom is 0.145 e. The third-order valence-corrected chi connectivity index (χ3v) is 3.34. The Balaban J connectivity index is 2.08. The SMILES string of the molecule is Cc1cccc([C@H](C)NCc2cccc(C#N)c2F)c1. The van der Waals surface area contributed by atoms with E-state index in [1.165, 1.54) is 17.2 Å². The molecule has 0 aliphatic carbocycles. The molecule has 0 saturated heterocycles. The molecule has 0 amide bonds. The second-order valence-corrected chi connectivity index (χ2v) is 4.91. The van der Waals surface area contributed by atoms with Gasteiger partial charge in [-0.05, 0) is 25.5 Å². The normalized spacial score (nSPS) is 11.9. The zero-order valence-corrected chi connectivity index (χ0v) is 11.7. The van der Waals surface area contributed by atoms with E-state index in [4.69, 9.17) is 5.26 Å². The Morgan fingerprint density at radius 2 is 2.00 bits per heavy atom. The molecule has 1 atom stereocenters. The lowest BCUT2D eigenvalue weighted by Gasteiger charge is -2.15. The van der Waals surface area contributed by atoms with Crippen LogP contribution in [-0.2, 0) is 6.54 Å². The highest BCUT2D eigenvalue weighted by molar-refractivity contribution is 5.35. The predicted molar refractivity (Wildman–Crippen MR) is 77.5 cm³/mol. The van der Waals surface area contributed by atoms with Gasteiger partial charge in [0.2, 0.25) is 0 Å². The van der Waals surface area contributed by atoms with Gasteiger partial charge in [0.1, 0.15) is 11.9 Å². The maximum atomic E-state index is 13.9. The quantitative estimate of drug-likeness (QED) is 0.914. The molecular weight excluding hydrogens is 251 g/mol. The van der Waals surface area contributed by atoms with Gasteiger partial charge in [0.25, 0.3) is 0 Å². The monoisotopic (exact) mass is 268 g/mol. The molecule has 0 aliphatic rings. The number of aryl methyl sites for hydroxylation is 1. The molecule has 0 bridgehead atoms. The van der Waals surface area contributed by atoms with E-state index in [2.05, 4.69) is 11.4 Å². The van der Waals surface area contributed by atoms with Crippen molar-refractivity contribution >= 4 is 0 Å². The average molecular weight is 268 g/mol. The Kier molecular flexibility index (Phi) is 4.49. The van der Waals surface area contributed by atoms with Crippen molar-refractivity contribution in [1.82, 2.24) is 5.32 Å². The fourth-order valence-electron chi connectivity index (χ4n) is 2.12. The van der Waals surface area contributed by atoms with E-state index in [1.54, 1.807) is 12.1 Å². The van der Waals surface area contributed by atoms with Crippen molar-refractivity contribution in [2.24, 2.45) is 0 Å². The molecular formula is C17H17FN2. The first-order valence-electron chi connectivity index (χ1n) is 6.59. The van der Waals surface area contributed by atoms with Crippen LogP contribution in [0.3, 0.4) is 0 Å². The summed E-state index contributed by atoms with van der Waals surface area (Å²) >= 11 is 0. The van der Waals surface area contributed by atoms with Gasteiger partial charge in [0, 0.05) is 18.2 Å². The highest BCUT2D eigenvalue weighted by Gasteiger charge is 2.09. The zero-order chi connectivity index (χ0) is 14.5. The van der Waals surface area contributed by atoms with Gasteiger partial charge in [0.05, 0.1) is 5.56 Å². The largest absolute Gasteiger partial charge is 0.306 e. The number of nitrogens with one attached hydrogen (secondary N) is 1. The summed E-state index contributed by atoms with van der Waals surface area (Å²) in [7, 11) is 0. The van der Waals surface area contributed by atoms with Crippen molar-refractivity contribution in [3.05, 3.63) is 70.5 Å². The van der Waals surface area contributed by atoms with Crippen LogP contribution in [0.5, 0.6) is 0 Å². The number of nitrogens with zero attached hydrogens (tertiary/aromatic N) is 1. The number of hydrogen-bond donors (Lipinski definition) is 1. The second kappa shape index (κ2) is 6.31. The highest BCUT2D eigenvalue weighted by Crippen LogP contribution is 2.16. The van der Waals surface area contributed by atoms with E-state index in [0.717, 1.165) is 0 Å². The molecule has 20 heavy (non-hydrogen) atoms. The van der Waals surface area contributed by atoms with Crippen molar-refractivity contribution < 1.29 is 4.39 Å². The minimum atomic E-state index is -0.432. The van der Waals surface area contributed by atoms with Crippen LogP contribution >= 0.6 is 0 Å². The Morgan fingerprint density at radius 1 is 1.25 bits per heavy atom. The number of nitriles is 1. The Bertz CT molecular complexity index is 644. The zero-order valence-electron chi connectivity index (χ0n) is 11.7. The lowest BCUT2D eigenvalue weighted by Crippen LogP contribution is -2.19. The molecule has 0 spiro atoms. The minimum absolute atomic E-state index is 0.0903. The molecule has 0 unspecified atom stereocenters. The average Bonchev–Trinajstić information content (AvgIpc) is 2.46. The highest BCUT2D eigenvalue weighted by atomic mass is 19.1.